The number of benzene rings is 1. The van der Waals surface area contributed by atoms with Crippen molar-refractivity contribution < 1.29 is 8.42 Å². The molecule has 0 aromatic heterocycles. The van der Waals surface area contributed by atoms with E-state index in [1.165, 1.54) is 0 Å². The van der Waals surface area contributed by atoms with Crippen LogP contribution in [0, 0.1) is 0 Å². The van der Waals surface area contributed by atoms with Gasteiger partial charge in [0.15, 0.2) is 0 Å². The summed E-state index contributed by atoms with van der Waals surface area (Å²) < 4.78 is 27.4. The lowest BCUT2D eigenvalue weighted by molar-refractivity contribution is 0.383. The number of nitrogens with one attached hydrogen (secondary N) is 2. The van der Waals surface area contributed by atoms with Gasteiger partial charge < -0.3 is 5.32 Å². The summed E-state index contributed by atoms with van der Waals surface area (Å²) in [6, 6.07) is 5.56. The third-order valence-corrected chi connectivity index (χ3v) is 5.43. The monoisotopic (exact) mass is 316 g/mol. The zero-order chi connectivity index (χ0) is 14.8. The quantitative estimate of drug-likeness (QED) is 0.848. The summed E-state index contributed by atoms with van der Waals surface area (Å²) in [5, 5.41) is 3.53. The molecule has 6 heteroatoms. The van der Waals surface area contributed by atoms with Crippen molar-refractivity contribution in [2.75, 3.05) is 0 Å². The van der Waals surface area contributed by atoms with Gasteiger partial charge in [-0.15, -0.1) is 0 Å². The van der Waals surface area contributed by atoms with Crippen molar-refractivity contribution in [1.29, 1.82) is 0 Å². The smallest absolute Gasteiger partial charge is 0.242 e. The summed E-state index contributed by atoms with van der Waals surface area (Å²) >= 11 is 6.05. The molecule has 0 unspecified atom stereocenters. The summed E-state index contributed by atoms with van der Waals surface area (Å²) in [6.45, 7) is 4.72. The molecule has 1 aliphatic rings. The molecule has 20 heavy (non-hydrogen) atoms. The van der Waals surface area contributed by atoms with Crippen molar-refractivity contribution in [3.05, 3.63) is 28.8 Å². The van der Waals surface area contributed by atoms with Crippen molar-refractivity contribution in [2.45, 2.75) is 56.6 Å². The van der Waals surface area contributed by atoms with E-state index in [4.69, 9.17) is 11.6 Å². The topological polar surface area (TPSA) is 58.2 Å². The Morgan fingerprint density at radius 3 is 2.60 bits per heavy atom. The molecule has 0 aliphatic heterocycles. The van der Waals surface area contributed by atoms with Crippen molar-refractivity contribution in [2.24, 2.45) is 0 Å². The second-order valence-electron chi connectivity index (χ2n) is 5.55. The Morgan fingerprint density at radius 2 is 2.05 bits per heavy atom. The van der Waals surface area contributed by atoms with E-state index in [0.717, 1.165) is 24.8 Å². The standard InChI is InChI=1S/C14H21ClN2O2S/c1-10(2)16-9-11-6-7-13(15)14(8-11)20(18,19)17-12-4-3-5-12/h6-8,10,12,16-17H,3-5,9H2,1-2H3. The van der Waals surface area contributed by atoms with E-state index < -0.39 is 10.0 Å². The van der Waals surface area contributed by atoms with Gasteiger partial charge in [-0.1, -0.05) is 37.9 Å². The molecular weight excluding hydrogens is 296 g/mol. The van der Waals surface area contributed by atoms with Gasteiger partial charge in [0.25, 0.3) is 0 Å². The van der Waals surface area contributed by atoms with Crippen LogP contribution in [0.1, 0.15) is 38.7 Å². The van der Waals surface area contributed by atoms with E-state index in [9.17, 15) is 8.42 Å². The van der Waals surface area contributed by atoms with Crippen molar-refractivity contribution in [3.63, 3.8) is 0 Å². The predicted octanol–water partition coefficient (Wildman–Crippen LogP) is 2.67. The molecule has 112 valence electrons. The average molecular weight is 317 g/mol. The average Bonchev–Trinajstić information content (AvgIpc) is 2.33. The molecule has 2 rings (SSSR count). The van der Waals surface area contributed by atoms with Gasteiger partial charge >= 0.3 is 0 Å². The molecule has 0 amide bonds. The Labute approximate surface area is 126 Å². The molecule has 1 aliphatic carbocycles. The Balaban J connectivity index is 2.18. The van der Waals surface area contributed by atoms with Gasteiger partial charge in [-0.3, -0.25) is 0 Å². The van der Waals surface area contributed by atoms with Gasteiger partial charge in [0, 0.05) is 18.6 Å². The fourth-order valence-corrected chi connectivity index (χ4v) is 3.85. The third-order valence-electron chi connectivity index (χ3n) is 3.43. The predicted molar refractivity (Wildman–Crippen MR) is 81.4 cm³/mol. The second-order valence-corrected chi connectivity index (χ2v) is 7.64. The van der Waals surface area contributed by atoms with Crippen LogP contribution >= 0.6 is 11.6 Å². The summed E-state index contributed by atoms with van der Waals surface area (Å²) in [4.78, 5) is 0.175. The molecule has 0 heterocycles. The lowest BCUT2D eigenvalue weighted by atomic mass is 9.94. The van der Waals surface area contributed by atoms with Crippen molar-refractivity contribution in [3.8, 4) is 0 Å². The minimum Gasteiger partial charge on any atom is -0.310 e. The Kier molecular flexibility index (Phi) is 5.07. The lowest BCUT2D eigenvalue weighted by Gasteiger charge is -2.26. The number of rotatable bonds is 6. The molecule has 0 atom stereocenters. The fourth-order valence-electron chi connectivity index (χ4n) is 1.99. The molecule has 2 N–H and O–H groups in total. The highest BCUT2D eigenvalue weighted by molar-refractivity contribution is 7.89. The van der Waals surface area contributed by atoms with E-state index in [2.05, 4.69) is 10.0 Å². The minimum atomic E-state index is -3.52. The first-order valence-corrected chi connectivity index (χ1v) is 8.79. The van der Waals surface area contributed by atoms with Crippen LogP contribution in [0.5, 0.6) is 0 Å². The highest BCUT2D eigenvalue weighted by Crippen LogP contribution is 2.26. The number of halogens is 1. The first-order valence-electron chi connectivity index (χ1n) is 6.92. The second kappa shape index (κ2) is 6.43. The zero-order valence-electron chi connectivity index (χ0n) is 11.8. The molecule has 1 aromatic carbocycles. The van der Waals surface area contributed by atoms with E-state index in [-0.39, 0.29) is 16.0 Å². The molecular formula is C14H21ClN2O2S. The van der Waals surface area contributed by atoms with Crippen LogP contribution in [-0.4, -0.2) is 20.5 Å². The highest BCUT2D eigenvalue weighted by Gasteiger charge is 2.26. The number of hydrogen-bond donors (Lipinski definition) is 2. The summed E-state index contributed by atoms with van der Waals surface area (Å²) in [5.41, 5.74) is 0.914. The molecule has 4 nitrogen and oxygen atoms in total. The van der Waals surface area contributed by atoms with E-state index >= 15 is 0 Å². The first-order chi connectivity index (χ1) is 9.38. The normalized spacial score (nSPS) is 16.4. The summed E-state index contributed by atoms with van der Waals surface area (Å²) in [7, 11) is -3.52. The van der Waals surface area contributed by atoms with Gasteiger partial charge in [-0.05, 0) is 30.5 Å². The van der Waals surface area contributed by atoms with Crippen LogP contribution in [0.15, 0.2) is 23.1 Å². The fraction of sp³-hybridized carbons (Fsp3) is 0.571. The third kappa shape index (κ3) is 3.95. The maximum absolute atomic E-state index is 12.3. The van der Waals surface area contributed by atoms with E-state index in [1.54, 1.807) is 12.1 Å². The molecule has 1 fully saturated rings. The Hall–Kier alpha value is -0.620. The van der Waals surface area contributed by atoms with Crippen LogP contribution in [0.4, 0.5) is 0 Å². The van der Waals surface area contributed by atoms with E-state index in [0.29, 0.717) is 12.6 Å². The van der Waals surface area contributed by atoms with E-state index in [1.807, 2.05) is 19.9 Å². The van der Waals surface area contributed by atoms with Crippen LogP contribution < -0.4 is 10.0 Å². The summed E-state index contributed by atoms with van der Waals surface area (Å²) in [5.74, 6) is 0. The first kappa shape index (κ1) is 15.8. The molecule has 0 radical (unpaired) electrons. The van der Waals surface area contributed by atoms with Gasteiger partial charge in [-0.25, -0.2) is 13.1 Å². The number of sulfonamides is 1. The van der Waals surface area contributed by atoms with Crippen LogP contribution in [0.3, 0.4) is 0 Å². The lowest BCUT2D eigenvalue weighted by Crippen LogP contribution is -2.39. The molecule has 0 bridgehead atoms. The zero-order valence-corrected chi connectivity index (χ0v) is 13.4. The molecule has 0 spiro atoms. The highest BCUT2D eigenvalue weighted by atomic mass is 35.5. The van der Waals surface area contributed by atoms with Crippen molar-refractivity contribution in [1.82, 2.24) is 10.0 Å². The van der Waals surface area contributed by atoms with Gasteiger partial charge in [0.2, 0.25) is 10.0 Å². The molecule has 1 saturated carbocycles. The van der Waals surface area contributed by atoms with Crippen LogP contribution in [0.25, 0.3) is 0 Å². The largest absolute Gasteiger partial charge is 0.310 e. The van der Waals surface area contributed by atoms with Crippen LogP contribution in [0.2, 0.25) is 5.02 Å². The van der Waals surface area contributed by atoms with Crippen LogP contribution in [-0.2, 0) is 16.6 Å². The number of hydrogen-bond acceptors (Lipinski definition) is 3. The maximum Gasteiger partial charge on any atom is 0.242 e. The molecule has 1 aromatic rings. The molecule has 0 saturated heterocycles. The van der Waals surface area contributed by atoms with Crippen molar-refractivity contribution >= 4 is 21.6 Å². The maximum atomic E-state index is 12.3. The van der Waals surface area contributed by atoms with Gasteiger partial charge in [-0.2, -0.15) is 0 Å². The van der Waals surface area contributed by atoms with Gasteiger partial charge in [0.1, 0.15) is 4.90 Å². The SMILES string of the molecule is CC(C)NCc1ccc(Cl)c(S(=O)(=O)NC2CCC2)c1. The minimum absolute atomic E-state index is 0.0634. The Bertz CT molecular complexity index is 569. The summed E-state index contributed by atoms with van der Waals surface area (Å²) in [6.07, 6.45) is 2.90. The Morgan fingerprint density at radius 1 is 1.35 bits per heavy atom. The van der Waals surface area contributed by atoms with Gasteiger partial charge in [0.05, 0.1) is 5.02 Å².